The molecule has 0 radical (unpaired) electrons. The maximum atomic E-state index is 13.2. The highest BCUT2D eigenvalue weighted by Gasteiger charge is 2.14. The van der Waals surface area contributed by atoms with E-state index in [9.17, 15) is 22.0 Å². The summed E-state index contributed by atoms with van der Waals surface area (Å²) in [6.45, 7) is 1.81. The van der Waals surface area contributed by atoms with Gasteiger partial charge in [-0.2, -0.15) is 0 Å². The molecule has 0 unspecified atom stereocenters. The first-order valence-electron chi connectivity index (χ1n) is 7.55. The third-order valence-corrected chi connectivity index (χ3v) is 4.78. The Bertz CT molecular complexity index is 885. The second-order valence-electron chi connectivity index (χ2n) is 5.75. The van der Waals surface area contributed by atoms with Gasteiger partial charge in [-0.1, -0.05) is 6.07 Å². The fourth-order valence-corrected chi connectivity index (χ4v) is 2.90. The number of nitrogens with one attached hydrogen (secondary N) is 1. The number of benzene rings is 2. The Morgan fingerprint density at radius 3 is 2.52 bits per heavy atom. The molecule has 5 nitrogen and oxygen atoms in total. The number of hydrogen-bond donors (Lipinski definition) is 2. The highest BCUT2D eigenvalue weighted by atomic mass is 32.2. The van der Waals surface area contributed by atoms with Gasteiger partial charge in [0.2, 0.25) is 0 Å². The molecule has 3 N–H and O–H groups in total. The Labute approximate surface area is 145 Å². The molecule has 0 saturated carbocycles. The van der Waals surface area contributed by atoms with Gasteiger partial charge in [-0.05, 0) is 43.3 Å². The van der Waals surface area contributed by atoms with Crippen molar-refractivity contribution < 1.29 is 27.3 Å². The van der Waals surface area contributed by atoms with Crippen LogP contribution in [0.5, 0.6) is 0 Å². The maximum absolute atomic E-state index is 13.2. The second-order valence-corrected chi connectivity index (χ2v) is 7.77. The first kappa shape index (κ1) is 19.0. The van der Waals surface area contributed by atoms with E-state index >= 15 is 0 Å². The van der Waals surface area contributed by atoms with Crippen LogP contribution in [0.15, 0.2) is 47.4 Å². The minimum atomic E-state index is -3.36. The molecule has 1 amide bonds. The molecule has 0 fully saturated rings. The molecule has 2 rings (SSSR count). The van der Waals surface area contributed by atoms with Crippen LogP contribution in [-0.2, 0) is 14.6 Å². The lowest BCUT2D eigenvalue weighted by atomic mass is 10.1. The summed E-state index contributed by atoms with van der Waals surface area (Å²) in [5, 5.41) is 4.28. The summed E-state index contributed by atoms with van der Waals surface area (Å²) in [5.41, 5.74) is 0.938. The van der Waals surface area contributed by atoms with Crippen molar-refractivity contribution in [3.05, 3.63) is 59.7 Å². The summed E-state index contributed by atoms with van der Waals surface area (Å²) in [5.74, 6) is -2.18. The number of anilines is 1. The lowest BCUT2D eigenvalue weighted by Gasteiger charge is -2.12. The number of quaternary nitrogens is 1. The number of nitrogens with two attached hydrogens (primary N) is 1. The van der Waals surface area contributed by atoms with Crippen molar-refractivity contribution in [2.24, 2.45) is 0 Å². The molecule has 0 saturated heterocycles. The van der Waals surface area contributed by atoms with E-state index in [2.05, 4.69) is 5.32 Å². The molecule has 1 atom stereocenters. The quantitative estimate of drug-likeness (QED) is 0.812. The lowest BCUT2D eigenvalue weighted by Crippen LogP contribution is -2.86. The van der Waals surface area contributed by atoms with Crippen LogP contribution in [0.25, 0.3) is 0 Å². The molecule has 0 aromatic heterocycles. The molecule has 2 aromatic carbocycles. The van der Waals surface area contributed by atoms with Gasteiger partial charge in [-0.15, -0.1) is 0 Å². The topological polar surface area (TPSA) is 79.8 Å². The Kier molecular flexibility index (Phi) is 5.86. The summed E-state index contributed by atoms with van der Waals surface area (Å²) in [6, 6.07) is 9.32. The molecule has 0 aliphatic carbocycles. The molecule has 0 spiro atoms. The van der Waals surface area contributed by atoms with Crippen LogP contribution < -0.4 is 10.6 Å². The minimum Gasteiger partial charge on any atom is -0.333 e. The number of rotatable bonds is 6. The molecular weight excluding hydrogens is 350 g/mol. The van der Waals surface area contributed by atoms with Gasteiger partial charge in [0.15, 0.2) is 28.0 Å². The molecule has 2 aromatic rings. The zero-order valence-corrected chi connectivity index (χ0v) is 14.6. The number of carbonyl (C=O) groups is 1. The van der Waals surface area contributed by atoms with Crippen molar-refractivity contribution in [3.8, 4) is 0 Å². The van der Waals surface area contributed by atoms with E-state index in [0.29, 0.717) is 11.3 Å². The van der Waals surface area contributed by atoms with Crippen molar-refractivity contribution in [1.82, 2.24) is 0 Å². The smallest absolute Gasteiger partial charge is 0.279 e. The summed E-state index contributed by atoms with van der Waals surface area (Å²) in [4.78, 5) is 12.1. The van der Waals surface area contributed by atoms with Crippen LogP contribution in [0, 0.1) is 11.6 Å². The van der Waals surface area contributed by atoms with Crippen LogP contribution in [0.2, 0.25) is 0 Å². The van der Waals surface area contributed by atoms with E-state index in [0.717, 1.165) is 18.4 Å². The Hall–Kier alpha value is -2.32. The van der Waals surface area contributed by atoms with Crippen LogP contribution >= 0.6 is 0 Å². The van der Waals surface area contributed by atoms with Crippen molar-refractivity contribution in [2.45, 2.75) is 17.9 Å². The first-order valence-corrected chi connectivity index (χ1v) is 9.44. The van der Waals surface area contributed by atoms with Crippen molar-refractivity contribution in [1.29, 1.82) is 0 Å². The van der Waals surface area contributed by atoms with Crippen LogP contribution in [0.3, 0.4) is 0 Å². The highest BCUT2D eigenvalue weighted by molar-refractivity contribution is 7.90. The lowest BCUT2D eigenvalue weighted by molar-refractivity contribution is -0.682. The summed E-state index contributed by atoms with van der Waals surface area (Å²) >= 11 is 0. The molecule has 25 heavy (non-hydrogen) atoms. The number of amides is 1. The zero-order chi connectivity index (χ0) is 18.6. The van der Waals surface area contributed by atoms with Crippen molar-refractivity contribution >= 4 is 21.4 Å². The number of carbonyl (C=O) groups excluding carboxylic acids is 1. The molecular formula is C17H19F2N2O3S+. The van der Waals surface area contributed by atoms with Gasteiger partial charge >= 0.3 is 0 Å². The van der Waals surface area contributed by atoms with Gasteiger partial charge in [0.1, 0.15) is 6.04 Å². The standard InChI is InChI=1S/C17H18F2N2O3S/c1-11(12-6-7-15(18)16(19)8-12)20-10-17(22)21-13-4-3-5-14(9-13)25(2,23)24/h3-9,11,20H,10H2,1-2H3,(H,21,22)/p+1/t11-/m1/s1. The average molecular weight is 369 g/mol. The summed E-state index contributed by atoms with van der Waals surface area (Å²) < 4.78 is 49.2. The third-order valence-electron chi connectivity index (χ3n) is 3.67. The van der Waals surface area contributed by atoms with Crippen molar-refractivity contribution in [3.63, 3.8) is 0 Å². The highest BCUT2D eigenvalue weighted by Crippen LogP contribution is 2.15. The largest absolute Gasteiger partial charge is 0.333 e. The van der Waals surface area contributed by atoms with E-state index in [-0.39, 0.29) is 23.4 Å². The van der Waals surface area contributed by atoms with Gasteiger partial charge in [0, 0.05) is 17.5 Å². The van der Waals surface area contributed by atoms with Gasteiger partial charge in [-0.3, -0.25) is 4.79 Å². The van der Waals surface area contributed by atoms with Gasteiger partial charge in [0.05, 0.1) is 4.90 Å². The predicted molar refractivity (Wildman–Crippen MR) is 89.7 cm³/mol. The Morgan fingerprint density at radius 2 is 1.88 bits per heavy atom. The fraction of sp³-hybridized carbons (Fsp3) is 0.235. The Balaban J connectivity index is 1.95. The maximum Gasteiger partial charge on any atom is 0.279 e. The minimum absolute atomic E-state index is 0.0449. The molecule has 0 heterocycles. The van der Waals surface area contributed by atoms with Gasteiger partial charge < -0.3 is 10.6 Å². The van der Waals surface area contributed by atoms with Crippen LogP contribution in [0.1, 0.15) is 18.5 Å². The third kappa shape index (κ3) is 5.33. The second kappa shape index (κ2) is 7.71. The number of halogens is 2. The van der Waals surface area contributed by atoms with E-state index in [1.807, 2.05) is 0 Å². The predicted octanol–water partition coefficient (Wildman–Crippen LogP) is 1.63. The van der Waals surface area contributed by atoms with Crippen molar-refractivity contribution in [2.75, 3.05) is 18.1 Å². The molecule has 8 heteroatoms. The molecule has 0 bridgehead atoms. The fourth-order valence-electron chi connectivity index (χ4n) is 2.23. The molecule has 0 aliphatic rings. The van der Waals surface area contributed by atoms with Crippen LogP contribution in [0.4, 0.5) is 14.5 Å². The molecule has 0 aliphatic heterocycles. The average Bonchev–Trinajstić information content (AvgIpc) is 2.54. The van der Waals surface area contributed by atoms with E-state index in [1.165, 1.54) is 18.2 Å². The normalized spacial score (nSPS) is 12.6. The van der Waals surface area contributed by atoms with E-state index in [1.54, 1.807) is 24.4 Å². The Morgan fingerprint density at radius 1 is 1.16 bits per heavy atom. The zero-order valence-electron chi connectivity index (χ0n) is 13.8. The van der Waals surface area contributed by atoms with Gasteiger partial charge in [-0.25, -0.2) is 17.2 Å². The molecule has 134 valence electrons. The van der Waals surface area contributed by atoms with E-state index in [4.69, 9.17) is 0 Å². The SMILES string of the molecule is C[C@@H]([NH2+]CC(=O)Nc1cccc(S(C)(=O)=O)c1)c1ccc(F)c(F)c1. The van der Waals surface area contributed by atoms with E-state index < -0.39 is 21.5 Å². The number of hydrogen-bond acceptors (Lipinski definition) is 3. The monoisotopic (exact) mass is 369 g/mol. The first-order chi connectivity index (χ1) is 11.7. The summed E-state index contributed by atoms with van der Waals surface area (Å²) in [7, 11) is -3.36. The van der Waals surface area contributed by atoms with Crippen LogP contribution in [-0.4, -0.2) is 27.1 Å². The summed E-state index contributed by atoms with van der Waals surface area (Å²) in [6.07, 6.45) is 1.09. The number of sulfone groups is 1. The van der Waals surface area contributed by atoms with Gasteiger partial charge in [0.25, 0.3) is 5.91 Å².